The highest BCUT2D eigenvalue weighted by Crippen LogP contribution is 2.40. The van der Waals surface area contributed by atoms with Gasteiger partial charge in [-0.05, 0) is 37.5 Å². The van der Waals surface area contributed by atoms with Crippen molar-refractivity contribution in [3.05, 3.63) is 71.3 Å². The van der Waals surface area contributed by atoms with Crippen molar-refractivity contribution in [2.24, 2.45) is 0 Å². The lowest BCUT2D eigenvalue weighted by Crippen LogP contribution is -1.98. The van der Waals surface area contributed by atoms with Crippen molar-refractivity contribution in [1.29, 1.82) is 0 Å². The van der Waals surface area contributed by atoms with Crippen LogP contribution in [0.3, 0.4) is 0 Å². The average Bonchev–Trinajstić information content (AvgIpc) is 2.37. The Bertz CT molecular complexity index is 619. The second-order valence-electron chi connectivity index (χ2n) is 4.95. The highest BCUT2D eigenvalue weighted by molar-refractivity contribution is 7.64. The van der Waals surface area contributed by atoms with E-state index in [-0.39, 0.29) is 0 Å². The van der Waals surface area contributed by atoms with Gasteiger partial charge in [-0.2, -0.15) is 0 Å². The number of hydrogen-bond donors (Lipinski definition) is 0. The monoisotopic (exact) mass is 270 g/mol. The lowest BCUT2D eigenvalue weighted by Gasteiger charge is -2.14. The maximum atomic E-state index is 12.6. The van der Waals surface area contributed by atoms with Crippen molar-refractivity contribution < 1.29 is 4.57 Å². The standard InChI is InChI=1S/C17H19OP/c1-12-10-13(2)17(14(3)11-12)15(4)19(18)16-8-6-5-7-9-16/h5-11,19H,4H2,1-3H3. The molecule has 0 bridgehead atoms. The lowest BCUT2D eigenvalue weighted by molar-refractivity contribution is 0.598. The van der Waals surface area contributed by atoms with E-state index in [1.165, 1.54) is 5.56 Å². The van der Waals surface area contributed by atoms with E-state index >= 15 is 0 Å². The molecule has 0 saturated heterocycles. The minimum absolute atomic E-state index is 0.756. The van der Waals surface area contributed by atoms with E-state index in [0.29, 0.717) is 0 Å². The third kappa shape index (κ3) is 2.88. The third-order valence-corrected chi connectivity index (χ3v) is 4.94. The molecule has 0 saturated carbocycles. The summed E-state index contributed by atoms with van der Waals surface area (Å²) in [5.74, 6) is 0. The van der Waals surface area contributed by atoms with Gasteiger partial charge in [-0.25, -0.2) is 0 Å². The summed E-state index contributed by atoms with van der Waals surface area (Å²) in [6.07, 6.45) is 0. The number of hydrogen-bond acceptors (Lipinski definition) is 1. The Balaban J connectivity index is 2.44. The lowest BCUT2D eigenvalue weighted by atomic mass is 10.00. The molecule has 0 aromatic heterocycles. The SMILES string of the molecule is C=C(c1c(C)cc(C)cc1C)[PH](=O)c1ccccc1. The van der Waals surface area contributed by atoms with Crippen LogP contribution in [0.2, 0.25) is 0 Å². The Hall–Kier alpha value is -1.59. The molecular weight excluding hydrogens is 251 g/mol. The smallest absolute Gasteiger partial charge is 0.131 e. The first-order chi connectivity index (χ1) is 9.00. The zero-order chi connectivity index (χ0) is 14.0. The van der Waals surface area contributed by atoms with E-state index in [9.17, 15) is 4.57 Å². The zero-order valence-corrected chi connectivity index (χ0v) is 12.7. The summed E-state index contributed by atoms with van der Waals surface area (Å²) in [5, 5.41) is 1.63. The van der Waals surface area contributed by atoms with Gasteiger partial charge in [0.1, 0.15) is 7.80 Å². The second kappa shape index (κ2) is 5.59. The van der Waals surface area contributed by atoms with Gasteiger partial charge < -0.3 is 4.57 Å². The average molecular weight is 270 g/mol. The molecule has 2 aromatic carbocycles. The molecule has 1 unspecified atom stereocenters. The highest BCUT2D eigenvalue weighted by atomic mass is 31.1. The Kier molecular flexibility index (Phi) is 4.07. The molecule has 2 heteroatoms. The normalized spacial score (nSPS) is 12.2. The summed E-state index contributed by atoms with van der Waals surface area (Å²) >= 11 is 0. The first-order valence-corrected chi connectivity index (χ1v) is 7.78. The maximum absolute atomic E-state index is 12.6. The first-order valence-electron chi connectivity index (χ1n) is 6.37. The predicted molar refractivity (Wildman–Crippen MR) is 84.8 cm³/mol. The Morgan fingerprint density at radius 3 is 2.05 bits per heavy atom. The molecule has 1 nitrogen and oxygen atoms in total. The van der Waals surface area contributed by atoms with Crippen molar-refractivity contribution in [2.45, 2.75) is 20.8 Å². The van der Waals surface area contributed by atoms with Crippen LogP contribution in [0.15, 0.2) is 49.0 Å². The molecule has 0 aliphatic rings. The Labute approximate surface area is 115 Å². The van der Waals surface area contributed by atoms with E-state index in [1.807, 2.05) is 30.3 Å². The Morgan fingerprint density at radius 2 is 1.53 bits per heavy atom. The van der Waals surface area contributed by atoms with Gasteiger partial charge in [0.25, 0.3) is 0 Å². The van der Waals surface area contributed by atoms with Crippen LogP contribution in [0.4, 0.5) is 0 Å². The van der Waals surface area contributed by atoms with Gasteiger partial charge in [-0.3, -0.25) is 0 Å². The van der Waals surface area contributed by atoms with Gasteiger partial charge in [0.05, 0.1) is 0 Å². The zero-order valence-electron chi connectivity index (χ0n) is 11.7. The van der Waals surface area contributed by atoms with E-state index in [2.05, 4.69) is 39.5 Å². The molecule has 0 spiro atoms. The van der Waals surface area contributed by atoms with Crippen molar-refractivity contribution in [2.75, 3.05) is 0 Å². The molecule has 0 fully saturated rings. The predicted octanol–water partition coefficient (Wildman–Crippen LogP) is 4.47. The molecule has 0 amide bonds. The van der Waals surface area contributed by atoms with Gasteiger partial charge in [0.2, 0.25) is 0 Å². The van der Waals surface area contributed by atoms with Crippen molar-refractivity contribution >= 4 is 18.4 Å². The largest absolute Gasteiger partial charge is 0.317 e. The fraction of sp³-hybridized carbons (Fsp3) is 0.176. The van der Waals surface area contributed by atoms with Crippen LogP contribution in [0.5, 0.6) is 0 Å². The molecule has 0 heterocycles. The quantitative estimate of drug-likeness (QED) is 0.752. The molecule has 0 aliphatic carbocycles. The molecule has 98 valence electrons. The van der Waals surface area contributed by atoms with Gasteiger partial charge in [0, 0.05) is 10.6 Å². The fourth-order valence-electron chi connectivity index (χ4n) is 2.53. The van der Waals surface area contributed by atoms with Crippen molar-refractivity contribution in [1.82, 2.24) is 0 Å². The van der Waals surface area contributed by atoms with Crippen LogP contribution < -0.4 is 5.30 Å². The number of benzene rings is 2. The molecule has 0 radical (unpaired) electrons. The minimum atomic E-state index is -2.00. The van der Waals surface area contributed by atoms with Gasteiger partial charge >= 0.3 is 0 Å². The molecule has 0 aliphatic heterocycles. The molecule has 1 atom stereocenters. The van der Waals surface area contributed by atoms with Crippen LogP contribution in [-0.2, 0) is 4.57 Å². The van der Waals surface area contributed by atoms with E-state index in [4.69, 9.17) is 0 Å². The Morgan fingerprint density at radius 1 is 1.00 bits per heavy atom. The summed E-state index contributed by atoms with van der Waals surface area (Å²) in [4.78, 5) is 0. The molecule has 19 heavy (non-hydrogen) atoms. The maximum Gasteiger partial charge on any atom is 0.131 e. The topological polar surface area (TPSA) is 17.1 Å². The molecule has 0 N–H and O–H groups in total. The summed E-state index contributed by atoms with van der Waals surface area (Å²) in [6.45, 7) is 10.3. The molecule has 2 rings (SSSR count). The second-order valence-corrected chi connectivity index (χ2v) is 6.79. The van der Waals surface area contributed by atoms with E-state index in [0.717, 1.165) is 27.3 Å². The van der Waals surface area contributed by atoms with Gasteiger partial charge in [-0.15, -0.1) is 0 Å². The van der Waals surface area contributed by atoms with Crippen LogP contribution in [0.1, 0.15) is 22.3 Å². The van der Waals surface area contributed by atoms with Gasteiger partial charge in [-0.1, -0.05) is 54.6 Å². The van der Waals surface area contributed by atoms with E-state index < -0.39 is 7.80 Å². The van der Waals surface area contributed by atoms with Crippen LogP contribution >= 0.6 is 7.80 Å². The summed E-state index contributed by atoms with van der Waals surface area (Å²) in [5.41, 5.74) is 4.58. The van der Waals surface area contributed by atoms with Crippen LogP contribution in [0, 0.1) is 20.8 Å². The van der Waals surface area contributed by atoms with E-state index in [1.54, 1.807) is 0 Å². The highest BCUT2D eigenvalue weighted by Gasteiger charge is 2.14. The third-order valence-electron chi connectivity index (χ3n) is 3.29. The number of aryl methyl sites for hydroxylation is 3. The van der Waals surface area contributed by atoms with Gasteiger partial charge in [0.15, 0.2) is 0 Å². The van der Waals surface area contributed by atoms with Crippen molar-refractivity contribution in [3.63, 3.8) is 0 Å². The summed E-state index contributed by atoms with van der Waals surface area (Å²) < 4.78 is 12.6. The molecule has 2 aromatic rings. The van der Waals surface area contributed by atoms with Crippen LogP contribution in [0.25, 0.3) is 5.31 Å². The first kappa shape index (κ1) is 13.8. The number of rotatable bonds is 3. The van der Waals surface area contributed by atoms with Crippen molar-refractivity contribution in [3.8, 4) is 0 Å². The fourth-order valence-corrected chi connectivity index (χ4v) is 4.00. The molecular formula is C17H19OP. The summed E-state index contributed by atoms with van der Waals surface area (Å²) in [7, 11) is -2.00. The van der Waals surface area contributed by atoms with Crippen LogP contribution in [-0.4, -0.2) is 0 Å². The summed E-state index contributed by atoms with van der Waals surface area (Å²) in [6, 6.07) is 13.8. The minimum Gasteiger partial charge on any atom is -0.317 e.